The number of alkyl halides is 18. The highest BCUT2D eigenvalue weighted by atomic mass is 19.4. The first-order valence-corrected chi connectivity index (χ1v) is 16.1. The van der Waals surface area contributed by atoms with Gasteiger partial charge in [0.25, 0.3) is 0 Å². The third kappa shape index (κ3) is 9.05. The summed E-state index contributed by atoms with van der Waals surface area (Å²) in [5, 5.41) is 0.414. The van der Waals surface area contributed by atoms with Crippen molar-refractivity contribution < 1.29 is 79.0 Å². The lowest BCUT2D eigenvalue weighted by Crippen LogP contribution is -2.11. The third-order valence-corrected chi connectivity index (χ3v) is 8.87. The molecule has 304 valence electrons. The highest BCUT2D eigenvalue weighted by molar-refractivity contribution is 5.92. The molecule has 0 amide bonds. The van der Waals surface area contributed by atoms with E-state index in [2.05, 4.69) is 0 Å². The Labute approximate surface area is 314 Å². The molecule has 0 aliphatic rings. The van der Waals surface area contributed by atoms with Crippen molar-refractivity contribution in [2.45, 2.75) is 37.1 Å². The summed E-state index contributed by atoms with van der Waals surface area (Å²) in [6.07, 6.45) is -31.6. The molecule has 0 unspecified atom stereocenters. The molecule has 58 heavy (non-hydrogen) atoms. The van der Waals surface area contributed by atoms with Crippen LogP contribution in [0.2, 0.25) is 0 Å². The van der Waals surface area contributed by atoms with E-state index in [1.165, 1.54) is 30.3 Å². The van der Waals surface area contributed by atoms with Gasteiger partial charge in [-0.2, -0.15) is 79.0 Å². The zero-order valence-electron chi connectivity index (χ0n) is 28.2. The quantitative estimate of drug-likeness (QED) is 0.155. The van der Waals surface area contributed by atoms with Crippen molar-refractivity contribution in [2.75, 3.05) is 0 Å². The van der Waals surface area contributed by atoms with Crippen LogP contribution < -0.4 is 0 Å². The highest BCUT2D eigenvalue weighted by Gasteiger charge is 2.40. The molecule has 0 bridgehead atoms. The first-order chi connectivity index (χ1) is 26.5. The molecule has 0 heterocycles. The number of benzene rings is 6. The van der Waals surface area contributed by atoms with Gasteiger partial charge >= 0.3 is 37.1 Å². The normalized spacial score (nSPS) is 13.3. The minimum absolute atomic E-state index is 0.0489. The van der Waals surface area contributed by atoms with E-state index in [1.807, 2.05) is 0 Å². The Hall–Kier alpha value is -5.68. The Balaban J connectivity index is 1.57. The van der Waals surface area contributed by atoms with Crippen molar-refractivity contribution >= 4 is 10.8 Å². The molecule has 0 aliphatic carbocycles. The summed E-state index contributed by atoms with van der Waals surface area (Å²) in [5.74, 6) is 0. The van der Waals surface area contributed by atoms with Gasteiger partial charge < -0.3 is 0 Å². The van der Waals surface area contributed by atoms with Gasteiger partial charge in [-0.05, 0) is 140 Å². The molecule has 18 heteroatoms. The SMILES string of the molecule is FC(F)(F)c1cc(-c2cc(-c3cc(C(F)(F)F)cc(C(F)(F)F)c3)cc(-c3ccc4cc(-c5cc(C(F)(F)F)cc(C(F)(F)F)c5)ccc4c3)c2)cc(C(F)(F)F)c1. The van der Waals surface area contributed by atoms with Gasteiger partial charge in [0.2, 0.25) is 0 Å². The fourth-order valence-corrected chi connectivity index (χ4v) is 6.10. The number of hydrogen-bond acceptors (Lipinski definition) is 0. The predicted molar refractivity (Wildman–Crippen MR) is 176 cm³/mol. The number of rotatable bonds is 4. The van der Waals surface area contributed by atoms with Gasteiger partial charge in [-0.1, -0.05) is 24.3 Å². The second kappa shape index (κ2) is 14.0. The molecule has 0 atom stereocenters. The van der Waals surface area contributed by atoms with Crippen LogP contribution in [0.5, 0.6) is 0 Å². The lowest BCUT2D eigenvalue weighted by atomic mass is 9.90. The van der Waals surface area contributed by atoms with Crippen LogP contribution in [0.15, 0.2) is 109 Å². The molecule has 6 aromatic rings. The third-order valence-electron chi connectivity index (χ3n) is 8.87. The highest BCUT2D eigenvalue weighted by Crippen LogP contribution is 2.44. The largest absolute Gasteiger partial charge is 0.416 e. The maximum atomic E-state index is 13.8. The van der Waals surface area contributed by atoms with Crippen molar-refractivity contribution in [3.8, 4) is 44.5 Å². The van der Waals surface area contributed by atoms with Crippen LogP contribution in [0.4, 0.5) is 79.0 Å². The van der Waals surface area contributed by atoms with Crippen LogP contribution in [0.1, 0.15) is 33.4 Å². The van der Waals surface area contributed by atoms with E-state index >= 15 is 0 Å². The zero-order chi connectivity index (χ0) is 43.0. The molecule has 0 aromatic heterocycles. The van der Waals surface area contributed by atoms with Crippen LogP contribution in [-0.4, -0.2) is 0 Å². The molecule has 0 spiro atoms. The average Bonchev–Trinajstić information content (AvgIpc) is 3.11. The maximum Gasteiger partial charge on any atom is 0.416 e. The van der Waals surface area contributed by atoms with E-state index in [0.717, 1.165) is 24.3 Å². The lowest BCUT2D eigenvalue weighted by molar-refractivity contribution is -0.144. The minimum Gasteiger partial charge on any atom is -0.166 e. The minimum atomic E-state index is -5.33. The molecule has 6 rings (SSSR count). The van der Waals surface area contributed by atoms with Crippen LogP contribution in [0, 0.1) is 0 Å². The Morgan fingerprint density at radius 2 is 0.379 bits per heavy atom. The number of halogens is 18. The Bertz CT molecular complexity index is 2340. The molecule has 0 saturated carbocycles. The molecule has 0 aliphatic heterocycles. The summed E-state index contributed by atoms with van der Waals surface area (Å²) in [6.45, 7) is 0. The van der Waals surface area contributed by atoms with Gasteiger partial charge in [-0.15, -0.1) is 0 Å². The van der Waals surface area contributed by atoms with E-state index in [4.69, 9.17) is 0 Å². The first kappa shape index (κ1) is 41.9. The Kier molecular flexibility index (Phi) is 10.1. The standard InChI is InChI=1S/C40H18F18/c41-35(42,43)29-10-26(11-30(16-29)36(44,45)46)22-4-2-19-5-21(3-1-20(19)6-22)23-7-24(27-12-31(37(47,48)49)17-32(13-27)38(50,51)52)9-25(8-23)28-14-33(39(53,54)55)18-34(15-28)40(56,57)58/h1-18H. The smallest absolute Gasteiger partial charge is 0.166 e. The number of fused-ring (bicyclic) bond motifs is 1. The van der Waals surface area contributed by atoms with E-state index in [0.29, 0.717) is 36.4 Å². The van der Waals surface area contributed by atoms with Gasteiger partial charge in [0.05, 0.1) is 33.4 Å². The molecule has 0 radical (unpaired) electrons. The van der Waals surface area contributed by atoms with Gasteiger partial charge in [0.1, 0.15) is 0 Å². The maximum absolute atomic E-state index is 13.8. The molecule has 0 N–H and O–H groups in total. The zero-order valence-corrected chi connectivity index (χ0v) is 28.2. The summed E-state index contributed by atoms with van der Waals surface area (Å²) < 4.78 is 247. The summed E-state index contributed by atoms with van der Waals surface area (Å²) in [5.41, 5.74) is -13.4. The van der Waals surface area contributed by atoms with E-state index in [9.17, 15) is 79.0 Å². The van der Waals surface area contributed by atoms with Gasteiger partial charge in [-0.25, -0.2) is 0 Å². The van der Waals surface area contributed by atoms with Crippen LogP contribution in [0.25, 0.3) is 55.3 Å². The summed E-state index contributed by atoms with van der Waals surface area (Å²) >= 11 is 0. The fraction of sp³-hybridized carbons (Fsp3) is 0.150. The molecular formula is C40H18F18. The Morgan fingerprint density at radius 3 is 0.603 bits per heavy atom. The predicted octanol–water partition coefficient (Wildman–Crippen LogP) is 15.6. The summed E-state index contributed by atoms with van der Waals surface area (Å²) in [4.78, 5) is 0. The van der Waals surface area contributed by atoms with Crippen molar-refractivity contribution in [3.05, 3.63) is 143 Å². The Morgan fingerprint density at radius 1 is 0.190 bits per heavy atom. The van der Waals surface area contributed by atoms with Crippen molar-refractivity contribution in [1.29, 1.82) is 0 Å². The van der Waals surface area contributed by atoms with E-state index in [-0.39, 0.29) is 45.7 Å². The fourth-order valence-electron chi connectivity index (χ4n) is 6.10. The lowest BCUT2D eigenvalue weighted by Gasteiger charge is -2.18. The van der Waals surface area contributed by atoms with Crippen molar-refractivity contribution in [3.63, 3.8) is 0 Å². The topological polar surface area (TPSA) is 0 Å². The monoisotopic (exact) mass is 840 g/mol. The van der Waals surface area contributed by atoms with Crippen LogP contribution in [-0.2, 0) is 37.1 Å². The van der Waals surface area contributed by atoms with Gasteiger partial charge in [-0.3, -0.25) is 0 Å². The van der Waals surface area contributed by atoms with E-state index in [1.54, 1.807) is 0 Å². The number of hydrogen-bond donors (Lipinski definition) is 0. The average molecular weight is 841 g/mol. The summed E-state index contributed by atoms with van der Waals surface area (Å²) in [6, 6.07) is 12.2. The second-order valence-corrected chi connectivity index (χ2v) is 13.0. The van der Waals surface area contributed by atoms with Crippen molar-refractivity contribution in [1.82, 2.24) is 0 Å². The first-order valence-electron chi connectivity index (χ1n) is 16.1. The van der Waals surface area contributed by atoms with Gasteiger partial charge in [0, 0.05) is 0 Å². The van der Waals surface area contributed by atoms with Crippen molar-refractivity contribution in [2.24, 2.45) is 0 Å². The molecule has 6 aromatic carbocycles. The molecular weight excluding hydrogens is 822 g/mol. The summed E-state index contributed by atoms with van der Waals surface area (Å²) in [7, 11) is 0. The van der Waals surface area contributed by atoms with Gasteiger partial charge in [0.15, 0.2) is 0 Å². The molecule has 0 nitrogen and oxygen atoms in total. The van der Waals surface area contributed by atoms with Crippen LogP contribution >= 0.6 is 0 Å². The van der Waals surface area contributed by atoms with Crippen LogP contribution in [0.3, 0.4) is 0 Å². The van der Waals surface area contributed by atoms with E-state index < -0.39 is 98.3 Å². The molecule has 0 fully saturated rings. The second-order valence-electron chi connectivity index (χ2n) is 13.0. The molecule has 0 saturated heterocycles.